The van der Waals surface area contributed by atoms with E-state index in [9.17, 15) is 0 Å². The summed E-state index contributed by atoms with van der Waals surface area (Å²) in [5.41, 5.74) is 6.57. The van der Waals surface area contributed by atoms with E-state index < -0.39 is 0 Å². The normalized spacial score (nSPS) is 15.6. The van der Waals surface area contributed by atoms with E-state index in [0.29, 0.717) is 0 Å². The lowest BCUT2D eigenvalue weighted by Crippen LogP contribution is -2.29. The number of fused-ring (bicyclic) bond motifs is 1. The molecule has 0 bridgehead atoms. The average molecular weight is 353 g/mol. The maximum atomic E-state index is 5.89. The van der Waals surface area contributed by atoms with E-state index in [1.165, 1.54) is 16.0 Å². The van der Waals surface area contributed by atoms with E-state index in [1.807, 2.05) is 0 Å². The van der Waals surface area contributed by atoms with Gasteiger partial charge in [-0.1, -0.05) is 18.2 Å². The Morgan fingerprint density at radius 1 is 1.45 bits per heavy atom. The van der Waals surface area contributed by atoms with Crippen molar-refractivity contribution in [3.8, 4) is 5.75 Å². The zero-order valence-corrected chi connectivity index (χ0v) is 13.7. The molecule has 3 N–H and O–H groups in total. The third-order valence-corrected chi connectivity index (χ3v) is 5.80. The number of halogens is 1. The average Bonchev–Trinajstić information content (AvgIpc) is 2.79. The molecule has 0 aliphatic carbocycles. The molecule has 2 aromatic rings. The highest BCUT2D eigenvalue weighted by atomic mass is 79.9. The molecule has 0 radical (unpaired) electrons. The molecule has 1 unspecified atom stereocenters. The Hall–Kier alpha value is -0.880. The number of rotatable bonds is 3. The summed E-state index contributed by atoms with van der Waals surface area (Å²) in [7, 11) is 0. The predicted molar refractivity (Wildman–Crippen MR) is 86.2 cm³/mol. The summed E-state index contributed by atoms with van der Waals surface area (Å²) in [6.45, 7) is 2.88. The van der Waals surface area contributed by atoms with Gasteiger partial charge in [0.2, 0.25) is 0 Å². The van der Waals surface area contributed by atoms with Crippen molar-refractivity contribution in [1.29, 1.82) is 0 Å². The molecule has 1 aliphatic heterocycles. The lowest BCUT2D eigenvalue weighted by Gasteiger charge is -2.24. The molecule has 1 aliphatic rings. The summed E-state index contributed by atoms with van der Waals surface area (Å²) in [4.78, 5) is 1.19. The van der Waals surface area contributed by atoms with E-state index in [2.05, 4.69) is 52.5 Å². The van der Waals surface area contributed by atoms with E-state index in [0.717, 1.165) is 34.5 Å². The van der Waals surface area contributed by atoms with Crippen LogP contribution in [0.25, 0.3) is 0 Å². The Balaban J connectivity index is 2.05. The van der Waals surface area contributed by atoms with Crippen LogP contribution in [0.5, 0.6) is 5.75 Å². The van der Waals surface area contributed by atoms with Crippen molar-refractivity contribution in [1.82, 2.24) is 5.43 Å². The van der Waals surface area contributed by atoms with Crippen molar-refractivity contribution >= 4 is 27.3 Å². The first-order valence-electron chi connectivity index (χ1n) is 6.67. The first-order valence-corrected chi connectivity index (χ1v) is 8.28. The highest BCUT2D eigenvalue weighted by Crippen LogP contribution is 2.39. The molecule has 1 atom stereocenters. The van der Waals surface area contributed by atoms with Gasteiger partial charge in [0.15, 0.2) is 0 Å². The smallest absolute Gasteiger partial charge is 0.127 e. The monoisotopic (exact) mass is 352 g/mol. The number of hydrazine groups is 1. The van der Waals surface area contributed by atoms with E-state index in [4.69, 9.17) is 10.6 Å². The van der Waals surface area contributed by atoms with Crippen LogP contribution in [0.4, 0.5) is 0 Å². The van der Waals surface area contributed by atoms with Crippen LogP contribution in [0.2, 0.25) is 0 Å². The topological polar surface area (TPSA) is 47.3 Å². The maximum Gasteiger partial charge on any atom is 0.127 e. The molecular weight excluding hydrogens is 336 g/mol. The fourth-order valence-corrected chi connectivity index (χ4v) is 4.24. The van der Waals surface area contributed by atoms with Gasteiger partial charge in [0.25, 0.3) is 0 Å². The Kier molecular flexibility index (Phi) is 4.12. The van der Waals surface area contributed by atoms with Crippen LogP contribution in [0.15, 0.2) is 28.1 Å². The second-order valence-electron chi connectivity index (χ2n) is 4.99. The van der Waals surface area contributed by atoms with Crippen molar-refractivity contribution in [2.24, 2.45) is 5.84 Å². The largest absolute Gasteiger partial charge is 0.493 e. The summed E-state index contributed by atoms with van der Waals surface area (Å²) >= 11 is 5.29. The first-order chi connectivity index (χ1) is 9.70. The van der Waals surface area contributed by atoms with Gasteiger partial charge in [0, 0.05) is 10.4 Å². The van der Waals surface area contributed by atoms with Gasteiger partial charge in [-0.25, -0.2) is 5.43 Å². The molecule has 0 amide bonds. The number of aryl methyl sites for hydroxylation is 2. The van der Waals surface area contributed by atoms with Crippen molar-refractivity contribution < 1.29 is 4.74 Å². The van der Waals surface area contributed by atoms with Crippen LogP contribution >= 0.6 is 27.3 Å². The van der Waals surface area contributed by atoms with E-state index >= 15 is 0 Å². The second kappa shape index (κ2) is 5.85. The lowest BCUT2D eigenvalue weighted by atomic mass is 9.97. The van der Waals surface area contributed by atoms with Crippen LogP contribution < -0.4 is 16.0 Å². The highest BCUT2D eigenvalue weighted by molar-refractivity contribution is 9.11. The van der Waals surface area contributed by atoms with E-state index in [-0.39, 0.29) is 6.04 Å². The Morgan fingerprint density at radius 3 is 3.00 bits per heavy atom. The number of nitrogens with one attached hydrogen (secondary N) is 1. The standard InChI is InChI=1S/C15H17BrN2OS/c1-9-8-12(20-15(9)16)13(18-17)11-6-2-4-10-5-3-7-19-14(10)11/h2,4,6,8,13,18H,3,5,7,17H2,1H3. The summed E-state index contributed by atoms with van der Waals surface area (Å²) in [6, 6.07) is 8.46. The summed E-state index contributed by atoms with van der Waals surface area (Å²) < 4.78 is 7.04. The van der Waals surface area contributed by atoms with Crippen LogP contribution in [-0.4, -0.2) is 6.61 Å². The van der Waals surface area contributed by atoms with Crippen molar-refractivity contribution in [2.45, 2.75) is 25.8 Å². The number of hydrogen-bond donors (Lipinski definition) is 2. The van der Waals surface area contributed by atoms with Crippen LogP contribution in [0, 0.1) is 6.92 Å². The van der Waals surface area contributed by atoms with Crippen molar-refractivity contribution in [3.63, 3.8) is 0 Å². The van der Waals surface area contributed by atoms with Crippen molar-refractivity contribution in [2.75, 3.05) is 6.61 Å². The quantitative estimate of drug-likeness (QED) is 0.653. The van der Waals surface area contributed by atoms with Crippen LogP contribution in [0.1, 0.15) is 34.0 Å². The van der Waals surface area contributed by atoms with Gasteiger partial charge in [0.05, 0.1) is 16.4 Å². The minimum absolute atomic E-state index is 0.0296. The number of ether oxygens (including phenoxy) is 1. The molecule has 0 spiro atoms. The van der Waals surface area contributed by atoms with Gasteiger partial charge in [-0.2, -0.15) is 0 Å². The Bertz CT molecular complexity index is 607. The SMILES string of the molecule is Cc1cc(C(NN)c2cccc3c2OCCC3)sc1Br. The van der Waals surface area contributed by atoms with Crippen molar-refractivity contribution in [3.05, 3.63) is 49.6 Å². The van der Waals surface area contributed by atoms with Gasteiger partial charge in [-0.3, -0.25) is 5.84 Å². The Labute approximate surface area is 131 Å². The van der Waals surface area contributed by atoms with Crippen LogP contribution in [0.3, 0.4) is 0 Å². The predicted octanol–water partition coefficient (Wildman–Crippen LogP) is 3.70. The molecule has 106 valence electrons. The van der Waals surface area contributed by atoms with Crippen LogP contribution in [-0.2, 0) is 6.42 Å². The summed E-state index contributed by atoms with van der Waals surface area (Å²) in [6.07, 6.45) is 2.16. The molecule has 3 rings (SSSR count). The van der Waals surface area contributed by atoms with Gasteiger partial charge in [-0.15, -0.1) is 11.3 Å². The van der Waals surface area contributed by atoms with Gasteiger partial charge in [-0.05, 0) is 52.9 Å². The number of hydrogen-bond acceptors (Lipinski definition) is 4. The highest BCUT2D eigenvalue weighted by Gasteiger charge is 2.23. The molecule has 0 saturated carbocycles. The molecule has 20 heavy (non-hydrogen) atoms. The minimum Gasteiger partial charge on any atom is -0.493 e. The number of thiophene rings is 1. The zero-order valence-electron chi connectivity index (χ0n) is 11.3. The summed E-state index contributed by atoms with van der Waals surface area (Å²) in [5, 5.41) is 0. The lowest BCUT2D eigenvalue weighted by molar-refractivity contribution is 0.283. The van der Waals surface area contributed by atoms with Gasteiger partial charge < -0.3 is 4.74 Å². The number of para-hydroxylation sites is 1. The third-order valence-electron chi connectivity index (χ3n) is 3.60. The fraction of sp³-hybridized carbons (Fsp3) is 0.333. The minimum atomic E-state index is -0.0296. The van der Waals surface area contributed by atoms with E-state index in [1.54, 1.807) is 11.3 Å². The van der Waals surface area contributed by atoms with Gasteiger partial charge in [0.1, 0.15) is 5.75 Å². The zero-order chi connectivity index (χ0) is 14.1. The maximum absolute atomic E-state index is 5.89. The first kappa shape index (κ1) is 14.1. The number of nitrogens with two attached hydrogens (primary N) is 1. The second-order valence-corrected chi connectivity index (χ2v) is 7.39. The summed E-state index contributed by atoms with van der Waals surface area (Å²) in [5.74, 6) is 6.82. The molecule has 2 heterocycles. The fourth-order valence-electron chi connectivity index (χ4n) is 2.59. The third kappa shape index (κ3) is 2.51. The Morgan fingerprint density at radius 2 is 2.30 bits per heavy atom. The molecule has 0 saturated heterocycles. The molecule has 3 nitrogen and oxygen atoms in total. The number of benzene rings is 1. The molecular formula is C15H17BrN2OS. The molecule has 1 aromatic heterocycles. The molecule has 1 aromatic carbocycles. The molecule has 5 heteroatoms. The molecule has 0 fully saturated rings. The van der Waals surface area contributed by atoms with Gasteiger partial charge >= 0.3 is 0 Å².